The molecule has 4 heteroatoms. The maximum absolute atomic E-state index is 12.7. The van der Waals surface area contributed by atoms with Crippen molar-refractivity contribution >= 4 is 11.8 Å². The van der Waals surface area contributed by atoms with Gasteiger partial charge in [-0.05, 0) is 44.6 Å². The van der Waals surface area contributed by atoms with Crippen molar-refractivity contribution in [3.05, 3.63) is 35.9 Å². The third-order valence-electron chi connectivity index (χ3n) is 5.34. The molecule has 1 heterocycles. The van der Waals surface area contributed by atoms with Crippen LogP contribution in [0.1, 0.15) is 51.5 Å². The zero-order chi connectivity index (χ0) is 16.4. The molecule has 2 fully saturated rings. The second kappa shape index (κ2) is 6.34. The van der Waals surface area contributed by atoms with E-state index in [1.165, 1.54) is 12.8 Å². The Bertz CT molecular complexity index is 582. The summed E-state index contributed by atoms with van der Waals surface area (Å²) in [5.41, 5.74) is 0.558. The van der Waals surface area contributed by atoms with Crippen molar-refractivity contribution in [3.8, 4) is 0 Å². The summed E-state index contributed by atoms with van der Waals surface area (Å²) in [6, 6.07) is 10.2. The molecular weight excluding hydrogens is 288 g/mol. The highest BCUT2D eigenvalue weighted by Gasteiger charge is 2.41. The van der Waals surface area contributed by atoms with Gasteiger partial charge in [0.15, 0.2) is 0 Å². The molecule has 0 spiro atoms. The van der Waals surface area contributed by atoms with Crippen molar-refractivity contribution in [2.45, 2.75) is 57.5 Å². The summed E-state index contributed by atoms with van der Waals surface area (Å²) in [4.78, 5) is 25.0. The van der Waals surface area contributed by atoms with Gasteiger partial charge in [-0.1, -0.05) is 43.2 Å². The van der Waals surface area contributed by atoms with Gasteiger partial charge in [0.25, 0.3) is 0 Å². The van der Waals surface area contributed by atoms with Gasteiger partial charge in [0.2, 0.25) is 11.8 Å². The van der Waals surface area contributed by atoms with Crippen LogP contribution in [0.5, 0.6) is 0 Å². The maximum Gasteiger partial charge on any atom is 0.233 e. The summed E-state index contributed by atoms with van der Waals surface area (Å²) in [6.45, 7) is 3.95. The minimum absolute atomic E-state index is 0.102. The number of fused-ring (bicyclic) bond motifs is 1. The molecule has 2 amide bonds. The molecule has 1 aromatic carbocycles. The fourth-order valence-corrected chi connectivity index (χ4v) is 3.92. The average molecular weight is 314 g/mol. The van der Waals surface area contributed by atoms with Crippen LogP contribution in [-0.4, -0.2) is 17.9 Å². The third-order valence-corrected chi connectivity index (χ3v) is 5.34. The van der Waals surface area contributed by atoms with Crippen molar-refractivity contribution in [1.82, 2.24) is 10.6 Å². The van der Waals surface area contributed by atoms with Gasteiger partial charge in [-0.2, -0.15) is 0 Å². The Balaban J connectivity index is 1.69. The van der Waals surface area contributed by atoms with Crippen molar-refractivity contribution in [1.29, 1.82) is 0 Å². The van der Waals surface area contributed by atoms with Gasteiger partial charge >= 0.3 is 0 Å². The Labute approximate surface area is 138 Å². The summed E-state index contributed by atoms with van der Waals surface area (Å²) < 4.78 is 0. The Morgan fingerprint density at radius 3 is 2.61 bits per heavy atom. The number of benzene rings is 1. The summed E-state index contributed by atoms with van der Waals surface area (Å²) in [7, 11) is 0. The SMILES string of the molecule is CC(C)(NC(=O)C1CC2CCCCC2NC1=O)c1ccccc1. The first-order chi connectivity index (χ1) is 11.0. The standard InChI is InChI=1S/C19H26N2O2/c1-19(2,14-9-4-3-5-10-14)21-18(23)15-12-13-8-6-7-11-16(13)20-17(15)22/h3-5,9-10,13,15-16H,6-8,11-12H2,1-2H3,(H,20,22)(H,21,23). The molecule has 3 atom stereocenters. The summed E-state index contributed by atoms with van der Waals surface area (Å²) in [5.74, 6) is -0.357. The minimum atomic E-state index is -0.558. The largest absolute Gasteiger partial charge is 0.352 e. The first-order valence-electron chi connectivity index (χ1n) is 8.65. The quantitative estimate of drug-likeness (QED) is 0.843. The fraction of sp³-hybridized carbons (Fsp3) is 0.579. The minimum Gasteiger partial charge on any atom is -0.352 e. The molecule has 1 aromatic rings. The molecule has 1 aliphatic heterocycles. The van der Waals surface area contributed by atoms with Crippen LogP contribution < -0.4 is 10.6 Å². The van der Waals surface area contributed by atoms with Crippen LogP contribution in [0.25, 0.3) is 0 Å². The average Bonchev–Trinajstić information content (AvgIpc) is 2.54. The summed E-state index contributed by atoms with van der Waals surface area (Å²) in [6.07, 6.45) is 5.25. The van der Waals surface area contributed by atoms with Gasteiger partial charge in [0.05, 0.1) is 5.54 Å². The molecule has 0 aromatic heterocycles. The number of hydrogen-bond acceptors (Lipinski definition) is 2. The third kappa shape index (κ3) is 3.41. The number of rotatable bonds is 3. The molecule has 1 saturated carbocycles. The molecule has 1 saturated heterocycles. The van der Waals surface area contributed by atoms with E-state index in [2.05, 4.69) is 10.6 Å². The number of piperidine rings is 1. The molecule has 4 nitrogen and oxygen atoms in total. The Hall–Kier alpha value is -1.84. The highest BCUT2D eigenvalue weighted by Crippen LogP contribution is 2.33. The van der Waals surface area contributed by atoms with Gasteiger partial charge < -0.3 is 10.6 Å². The molecule has 3 unspecified atom stereocenters. The van der Waals surface area contributed by atoms with Crippen LogP contribution in [0, 0.1) is 11.8 Å². The molecule has 0 radical (unpaired) electrons. The highest BCUT2D eigenvalue weighted by atomic mass is 16.2. The van der Waals surface area contributed by atoms with Crippen LogP contribution in [0.2, 0.25) is 0 Å². The van der Waals surface area contributed by atoms with Gasteiger partial charge in [0.1, 0.15) is 5.92 Å². The molecule has 2 N–H and O–H groups in total. The van der Waals surface area contributed by atoms with Gasteiger partial charge in [-0.3, -0.25) is 9.59 Å². The highest BCUT2D eigenvalue weighted by molar-refractivity contribution is 6.01. The van der Waals surface area contributed by atoms with Gasteiger partial charge in [-0.25, -0.2) is 0 Å². The fourth-order valence-electron chi connectivity index (χ4n) is 3.92. The van der Waals surface area contributed by atoms with E-state index >= 15 is 0 Å². The van der Waals surface area contributed by atoms with Crippen LogP contribution in [-0.2, 0) is 15.1 Å². The molecular formula is C19H26N2O2. The number of nitrogens with one attached hydrogen (secondary N) is 2. The first-order valence-corrected chi connectivity index (χ1v) is 8.65. The number of hydrogen-bond donors (Lipinski definition) is 2. The smallest absolute Gasteiger partial charge is 0.233 e. The van der Waals surface area contributed by atoms with Crippen molar-refractivity contribution in [3.63, 3.8) is 0 Å². The Kier molecular flexibility index (Phi) is 4.42. The second-order valence-electron chi connectivity index (χ2n) is 7.43. The number of carbonyl (C=O) groups excluding carboxylic acids is 2. The van der Waals surface area contributed by atoms with Gasteiger partial charge in [0, 0.05) is 6.04 Å². The van der Waals surface area contributed by atoms with Crippen molar-refractivity contribution < 1.29 is 9.59 Å². The lowest BCUT2D eigenvalue weighted by Gasteiger charge is -2.39. The summed E-state index contributed by atoms with van der Waals surface area (Å²) in [5, 5.41) is 6.14. The summed E-state index contributed by atoms with van der Waals surface area (Å²) >= 11 is 0. The van der Waals surface area contributed by atoms with E-state index in [9.17, 15) is 9.59 Å². The van der Waals surface area contributed by atoms with E-state index < -0.39 is 11.5 Å². The first kappa shape index (κ1) is 16.0. The van der Waals surface area contributed by atoms with Crippen LogP contribution >= 0.6 is 0 Å². The molecule has 2 aliphatic rings. The van der Waals surface area contributed by atoms with Crippen LogP contribution in [0.4, 0.5) is 0 Å². The van der Waals surface area contributed by atoms with E-state index in [-0.39, 0.29) is 17.9 Å². The lowest BCUT2D eigenvalue weighted by Crippen LogP contribution is -2.56. The lowest BCUT2D eigenvalue weighted by atomic mass is 9.75. The predicted molar refractivity (Wildman–Crippen MR) is 89.6 cm³/mol. The van der Waals surface area contributed by atoms with Crippen LogP contribution in [0.3, 0.4) is 0 Å². The van der Waals surface area contributed by atoms with Crippen molar-refractivity contribution in [2.75, 3.05) is 0 Å². The molecule has 23 heavy (non-hydrogen) atoms. The van der Waals surface area contributed by atoms with Crippen molar-refractivity contribution in [2.24, 2.45) is 11.8 Å². The zero-order valence-corrected chi connectivity index (χ0v) is 14.0. The van der Waals surface area contributed by atoms with E-state index in [0.717, 1.165) is 18.4 Å². The number of amides is 2. The normalized spacial score (nSPS) is 27.7. The lowest BCUT2D eigenvalue weighted by molar-refractivity contribution is -0.140. The van der Waals surface area contributed by atoms with Gasteiger partial charge in [-0.15, -0.1) is 0 Å². The maximum atomic E-state index is 12.7. The second-order valence-corrected chi connectivity index (χ2v) is 7.43. The van der Waals surface area contributed by atoms with Crippen LogP contribution in [0.15, 0.2) is 30.3 Å². The molecule has 1 aliphatic carbocycles. The molecule has 0 bridgehead atoms. The number of carbonyl (C=O) groups is 2. The Morgan fingerprint density at radius 1 is 1.17 bits per heavy atom. The zero-order valence-electron chi connectivity index (χ0n) is 14.0. The predicted octanol–water partition coefficient (Wildman–Crippen LogP) is 2.73. The van der Waals surface area contributed by atoms with E-state index in [0.29, 0.717) is 12.3 Å². The monoisotopic (exact) mass is 314 g/mol. The Morgan fingerprint density at radius 2 is 1.87 bits per heavy atom. The van der Waals surface area contributed by atoms with E-state index in [1.54, 1.807) is 0 Å². The van der Waals surface area contributed by atoms with E-state index in [1.807, 2.05) is 44.2 Å². The topological polar surface area (TPSA) is 58.2 Å². The molecule has 3 rings (SSSR count). The molecule has 124 valence electrons. The van der Waals surface area contributed by atoms with E-state index in [4.69, 9.17) is 0 Å².